The monoisotopic (exact) mass is 635 g/mol. The Labute approximate surface area is 292 Å². The van der Waals surface area contributed by atoms with Crippen molar-refractivity contribution in [3.63, 3.8) is 0 Å². The molecule has 0 heteroatoms. The molecule has 4 aromatic rings. The molecule has 0 atom stereocenters. The predicted molar refractivity (Wildman–Crippen MR) is 213 cm³/mol. The van der Waals surface area contributed by atoms with Gasteiger partial charge in [-0.2, -0.15) is 0 Å². The van der Waals surface area contributed by atoms with E-state index in [-0.39, 0.29) is 0 Å². The molecule has 47 heavy (non-hydrogen) atoms. The Bertz CT molecular complexity index is 1300. The van der Waals surface area contributed by atoms with Crippen LogP contribution in [0.15, 0.2) is 97.1 Å². The molecule has 4 rings (SSSR count). The summed E-state index contributed by atoms with van der Waals surface area (Å²) < 4.78 is 0. The lowest BCUT2D eigenvalue weighted by Crippen LogP contribution is -1.93. The molecule has 0 saturated carbocycles. The van der Waals surface area contributed by atoms with Gasteiger partial charge in [0.1, 0.15) is 0 Å². The SMILES string of the molecule is Cc1ccc(CC(C)C)cc1.Cc1ccc(CCC(C)C)cc1.Cc1ccc(CCCC(C)C)cc1.Cc1cccc(CC(C)C)c1. The van der Waals surface area contributed by atoms with Gasteiger partial charge in [0.25, 0.3) is 0 Å². The third-order valence-corrected chi connectivity index (χ3v) is 7.99. The molecule has 0 unspecified atom stereocenters. The van der Waals surface area contributed by atoms with E-state index < -0.39 is 0 Å². The highest BCUT2D eigenvalue weighted by molar-refractivity contribution is 5.24. The highest BCUT2D eigenvalue weighted by atomic mass is 14.0. The molecular formula is C47H70. The Hall–Kier alpha value is -3.12. The van der Waals surface area contributed by atoms with Gasteiger partial charge in [0.15, 0.2) is 0 Å². The molecule has 0 spiro atoms. The van der Waals surface area contributed by atoms with Gasteiger partial charge in [-0.25, -0.2) is 0 Å². The fourth-order valence-corrected chi connectivity index (χ4v) is 5.19. The summed E-state index contributed by atoms with van der Waals surface area (Å²) in [6, 6.07) is 35.3. The second kappa shape index (κ2) is 24.1. The summed E-state index contributed by atoms with van der Waals surface area (Å²) in [5.74, 6) is 3.17. The van der Waals surface area contributed by atoms with Crippen LogP contribution in [0.2, 0.25) is 0 Å². The van der Waals surface area contributed by atoms with E-state index in [0.717, 1.165) is 23.7 Å². The molecule has 4 aromatic carbocycles. The molecule has 0 aliphatic carbocycles. The minimum Gasteiger partial charge on any atom is -0.0628 e. The standard InChI is InChI=1S/C13H20.C12H18.2C11H16/c1-11(2)5-4-6-13-9-7-12(3)8-10-13;1-10(2)4-7-12-8-5-11(3)6-9-12;1-9(2)8-11-6-4-10(3)5-7-11;1-9(2)7-11-6-4-5-10(3)8-11/h7-11H,4-6H2,1-3H3;5-6,8-10H,4,7H2,1-3H3;4-7,9H,8H2,1-3H3;4-6,8-9H,7H2,1-3H3. The van der Waals surface area contributed by atoms with Crippen LogP contribution in [0.25, 0.3) is 0 Å². The first-order valence-corrected chi connectivity index (χ1v) is 18.5. The third-order valence-electron chi connectivity index (χ3n) is 7.99. The quantitative estimate of drug-likeness (QED) is 0.154. The van der Waals surface area contributed by atoms with Gasteiger partial charge in [-0.3, -0.25) is 0 Å². The Morgan fingerprint density at radius 1 is 0.362 bits per heavy atom. The van der Waals surface area contributed by atoms with E-state index in [2.05, 4.69) is 180 Å². The first-order valence-electron chi connectivity index (χ1n) is 18.5. The van der Waals surface area contributed by atoms with Crippen LogP contribution in [-0.2, 0) is 25.7 Å². The molecule has 0 radical (unpaired) electrons. The summed E-state index contributed by atoms with van der Waals surface area (Å²) in [5, 5.41) is 0. The van der Waals surface area contributed by atoms with Crippen molar-refractivity contribution in [3.8, 4) is 0 Å². The average molecular weight is 635 g/mol. The molecule has 0 aromatic heterocycles. The van der Waals surface area contributed by atoms with Gasteiger partial charge in [-0.1, -0.05) is 181 Å². The Morgan fingerprint density at radius 2 is 0.766 bits per heavy atom. The predicted octanol–water partition coefficient (Wildman–Crippen LogP) is 13.9. The van der Waals surface area contributed by atoms with Crippen molar-refractivity contribution in [1.29, 1.82) is 0 Å². The number of hydrogen-bond acceptors (Lipinski definition) is 0. The van der Waals surface area contributed by atoms with Crippen molar-refractivity contribution < 1.29 is 0 Å². The number of rotatable bonds is 11. The minimum atomic E-state index is 0.761. The zero-order valence-electron chi connectivity index (χ0n) is 32.5. The maximum Gasteiger partial charge on any atom is -0.0256 e. The van der Waals surface area contributed by atoms with Crippen molar-refractivity contribution in [3.05, 3.63) is 142 Å². The Balaban J connectivity index is 0.000000314. The first-order chi connectivity index (χ1) is 22.2. The third kappa shape index (κ3) is 22.9. The molecular weight excluding hydrogens is 565 g/mol. The summed E-state index contributed by atoms with van der Waals surface area (Å²) in [6.45, 7) is 26.7. The zero-order valence-corrected chi connectivity index (χ0v) is 32.5. The lowest BCUT2D eigenvalue weighted by atomic mass is 10.0. The molecule has 0 aliphatic heterocycles. The van der Waals surface area contributed by atoms with E-state index in [1.807, 2.05) is 0 Å². The summed E-state index contributed by atoms with van der Waals surface area (Å²) >= 11 is 0. The maximum atomic E-state index is 2.29. The molecule has 0 heterocycles. The van der Waals surface area contributed by atoms with Crippen LogP contribution in [0.5, 0.6) is 0 Å². The summed E-state index contributed by atoms with van der Waals surface area (Å²) in [4.78, 5) is 0. The van der Waals surface area contributed by atoms with Crippen molar-refractivity contribution in [2.75, 3.05) is 0 Å². The van der Waals surface area contributed by atoms with Crippen molar-refractivity contribution in [2.24, 2.45) is 23.7 Å². The van der Waals surface area contributed by atoms with Crippen LogP contribution in [-0.4, -0.2) is 0 Å². The lowest BCUT2D eigenvalue weighted by molar-refractivity contribution is 0.556. The van der Waals surface area contributed by atoms with Gasteiger partial charge in [-0.15, -0.1) is 0 Å². The van der Waals surface area contributed by atoms with Crippen LogP contribution >= 0.6 is 0 Å². The van der Waals surface area contributed by atoms with Gasteiger partial charge in [0.2, 0.25) is 0 Å². The normalized spacial score (nSPS) is 10.6. The minimum absolute atomic E-state index is 0.761. The first kappa shape index (κ1) is 41.9. The molecule has 0 fully saturated rings. The van der Waals surface area contributed by atoms with E-state index in [9.17, 15) is 0 Å². The van der Waals surface area contributed by atoms with Gasteiger partial charge in [-0.05, 0) is 112 Å². The fraction of sp³-hybridized carbons (Fsp3) is 0.489. The van der Waals surface area contributed by atoms with Gasteiger partial charge < -0.3 is 0 Å². The topological polar surface area (TPSA) is 0 Å². The number of hydrogen-bond donors (Lipinski definition) is 0. The lowest BCUT2D eigenvalue weighted by Gasteiger charge is -2.04. The van der Waals surface area contributed by atoms with Crippen molar-refractivity contribution >= 4 is 0 Å². The average Bonchev–Trinajstić information content (AvgIpc) is 2.99. The molecule has 258 valence electrons. The van der Waals surface area contributed by atoms with E-state index >= 15 is 0 Å². The maximum absolute atomic E-state index is 2.29. The molecule has 0 saturated heterocycles. The van der Waals surface area contributed by atoms with Crippen LogP contribution in [0.1, 0.15) is 119 Å². The van der Waals surface area contributed by atoms with E-state index in [1.54, 1.807) is 0 Å². The number of aryl methyl sites for hydroxylation is 6. The zero-order chi connectivity index (χ0) is 35.2. The van der Waals surface area contributed by atoms with Crippen LogP contribution < -0.4 is 0 Å². The highest BCUT2D eigenvalue weighted by Gasteiger charge is 1.98. The van der Waals surface area contributed by atoms with E-state index in [4.69, 9.17) is 0 Å². The highest BCUT2D eigenvalue weighted by Crippen LogP contribution is 2.12. The molecule has 0 nitrogen and oxygen atoms in total. The molecule has 0 amide bonds. The molecule has 0 N–H and O–H groups in total. The van der Waals surface area contributed by atoms with Crippen LogP contribution in [0, 0.1) is 51.4 Å². The Morgan fingerprint density at radius 3 is 1.17 bits per heavy atom. The summed E-state index contributed by atoms with van der Waals surface area (Å²) in [6.07, 6.45) is 8.80. The van der Waals surface area contributed by atoms with Gasteiger partial charge >= 0.3 is 0 Å². The largest absolute Gasteiger partial charge is 0.0628 e. The van der Waals surface area contributed by atoms with Gasteiger partial charge in [0.05, 0.1) is 0 Å². The van der Waals surface area contributed by atoms with Gasteiger partial charge in [0, 0.05) is 0 Å². The second-order valence-electron chi connectivity index (χ2n) is 15.4. The summed E-state index contributed by atoms with van der Waals surface area (Å²) in [7, 11) is 0. The Kier molecular flexibility index (Phi) is 21.5. The van der Waals surface area contributed by atoms with Crippen molar-refractivity contribution in [2.45, 2.75) is 128 Å². The number of benzene rings is 4. The second-order valence-corrected chi connectivity index (χ2v) is 15.4. The van der Waals surface area contributed by atoms with Crippen molar-refractivity contribution in [1.82, 2.24) is 0 Å². The van der Waals surface area contributed by atoms with E-state index in [0.29, 0.717) is 0 Å². The van der Waals surface area contributed by atoms with Crippen LogP contribution in [0.4, 0.5) is 0 Å². The molecule has 0 bridgehead atoms. The smallest absolute Gasteiger partial charge is 0.0256 e. The molecule has 0 aliphatic rings. The van der Waals surface area contributed by atoms with E-state index in [1.165, 1.54) is 89.5 Å². The summed E-state index contributed by atoms with van der Waals surface area (Å²) in [5.41, 5.74) is 11.3. The van der Waals surface area contributed by atoms with Crippen LogP contribution in [0.3, 0.4) is 0 Å². The fourth-order valence-electron chi connectivity index (χ4n) is 5.19.